The van der Waals surface area contributed by atoms with E-state index in [1.54, 1.807) is 24.3 Å². The van der Waals surface area contributed by atoms with E-state index in [1.165, 1.54) is 0 Å². The van der Waals surface area contributed by atoms with Gasteiger partial charge in [0.25, 0.3) is 0 Å². The summed E-state index contributed by atoms with van der Waals surface area (Å²) in [5.41, 5.74) is 1.69. The molecule has 2 aromatic carbocycles. The molecule has 0 bridgehead atoms. The van der Waals surface area contributed by atoms with E-state index in [4.69, 9.17) is 9.16 Å². The van der Waals surface area contributed by atoms with Crippen molar-refractivity contribution in [1.82, 2.24) is 0 Å². The van der Waals surface area contributed by atoms with Crippen LogP contribution >= 0.6 is 0 Å². The lowest BCUT2D eigenvalue weighted by Crippen LogP contribution is -2.29. The molecule has 0 atom stereocenters. The highest BCUT2D eigenvalue weighted by Gasteiger charge is 2.19. The molecule has 24 heavy (non-hydrogen) atoms. The normalized spacial score (nSPS) is 11.0. The van der Waals surface area contributed by atoms with E-state index in [0.717, 1.165) is 5.56 Å². The summed E-state index contributed by atoms with van der Waals surface area (Å²) in [6, 6.07) is 12.4. The van der Waals surface area contributed by atoms with Crippen molar-refractivity contribution in [2.75, 3.05) is 6.61 Å². The fourth-order valence-electron chi connectivity index (χ4n) is 2.25. The third-order valence-corrected chi connectivity index (χ3v) is 4.03. The molecular formula is C19H22O4Si. The summed E-state index contributed by atoms with van der Waals surface area (Å²) in [5.74, 6) is 0.447. The summed E-state index contributed by atoms with van der Waals surface area (Å²) in [4.78, 5) is 11.5. The van der Waals surface area contributed by atoms with Crippen LogP contribution in [-0.4, -0.2) is 26.0 Å². The van der Waals surface area contributed by atoms with Crippen molar-refractivity contribution in [3.63, 3.8) is 0 Å². The molecule has 0 unspecified atom stereocenters. The first-order valence-electron chi connectivity index (χ1n) is 7.70. The second-order valence-corrected chi connectivity index (χ2v) is 10.8. The van der Waals surface area contributed by atoms with Gasteiger partial charge in [-0.1, -0.05) is 24.8 Å². The molecule has 0 aliphatic rings. The van der Waals surface area contributed by atoms with Crippen molar-refractivity contribution < 1.29 is 19.1 Å². The van der Waals surface area contributed by atoms with E-state index in [-0.39, 0.29) is 5.56 Å². The molecular weight excluding hydrogens is 320 g/mol. The van der Waals surface area contributed by atoms with E-state index in [2.05, 4.69) is 26.2 Å². The van der Waals surface area contributed by atoms with Gasteiger partial charge >= 0.3 is 5.97 Å². The van der Waals surface area contributed by atoms with Gasteiger partial charge < -0.3 is 14.3 Å². The van der Waals surface area contributed by atoms with E-state index < -0.39 is 14.3 Å². The lowest BCUT2D eigenvalue weighted by atomic mass is 9.99. The summed E-state index contributed by atoms with van der Waals surface area (Å²) < 4.78 is 11.4. The summed E-state index contributed by atoms with van der Waals surface area (Å²) in [6.45, 7) is 10.3. The van der Waals surface area contributed by atoms with Gasteiger partial charge in [0.1, 0.15) is 18.1 Å². The van der Waals surface area contributed by atoms with Gasteiger partial charge in [-0.25, -0.2) is 4.79 Å². The number of carbonyl (C=O) groups is 1. The molecule has 0 saturated heterocycles. The SMILES string of the molecule is C=CCOc1ccc(-c2cc(O[Si](C)(C)C)ccc2C(=O)O)cc1. The quantitative estimate of drug-likeness (QED) is 0.578. The first kappa shape index (κ1) is 17.8. The molecule has 0 aromatic heterocycles. The van der Waals surface area contributed by atoms with Gasteiger partial charge in [-0.15, -0.1) is 0 Å². The van der Waals surface area contributed by atoms with Gasteiger partial charge in [0.2, 0.25) is 8.32 Å². The van der Waals surface area contributed by atoms with Crippen LogP contribution in [0.15, 0.2) is 55.1 Å². The van der Waals surface area contributed by atoms with Crippen molar-refractivity contribution >= 4 is 14.3 Å². The zero-order valence-corrected chi connectivity index (χ0v) is 15.2. The number of ether oxygens (including phenoxy) is 1. The minimum atomic E-state index is -1.77. The smallest absolute Gasteiger partial charge is 0.336 e. The molecule has 0 saturated carbocycles. The first-order valence-corrected chi connectivity index (χ1v) is 11.1. The molecule has 0 heterocycles. The van der Waals surface area contributed by atoms with Crippen molar-refractivity contribution in [1.29, 1.82) is 0 Å². The Bertz CT molecular complexity index is 730. The van der Waals surface area contributed by atoms with Crippen LogP contribution in [0.3, 0.4) is 0 Å². The molecule has 0 amide bonds. The summed E-state index contributed by atoms with van der Waals surface area (Å²) in [6.07, 6.45) is 1.67. The molecule has 1 N–H and O–H groups in total. The number of rotatable bonds is 7. The molecule has 4 nitrogen and oxygen atoms in total. The van der Waals surface area contributed by atoms with E-state index >= 15 is 0 Å². The summed E-state index contributed by atoms with van der Waals surface area (Å²) in [5, 5.41) is 9.45. The number of carboxylic acids is 1. The Kier molecular flexibility index (Phi) is 5.46. The van der Waals surface area contributed by atoms with Gasteiger partial charge in [-0.3, -0.25) is 0 Å². The maximum Gasteiger partial charge on any atom is 0.336 e. The van der Waals surface area contributed by atoms with Crippen molar-refractivity contribution in [2.24, 2.45) is 0 Å². The summed E-state index contributed by atoms with van der Waals surface area (Å²) >= 11 is 0. The van der Waals surface area contributed by atoms with Crippen LogP contribution in [0.2, 0.25) is 19.6 Å². The Morgan fingerprint density at radius 1 is 1.12 bits per heavy atom. The molecule has 5 heteroatoms. The lowest BCUT2D eigenvalue weighted by Gasteiger charge is -2.20. The highest BCUT2D eigenvalue weighted by molar-refractivity contribution is 6.70. The minimum absolute atomic E-state index is 0.248. The van der Waals surface area contributed by atoms with Crippen molar-refractivity contribution in [3.8, 4) is 22.6 Å². The first-order chi connectivity index (χ1) is 11.3. The fourth-order valence-corrected chi connectivity index (χ4v) is 3.09. The third kappa shape index (κ3) is 4.73. The van der Waals surface area contributed by atoms with Crippen molar-refractivity contribution in [2.45, 2.75) is 19.6 Å². The Morgan fingerprint density at radius 2 is 1.75 bits per heavy atom. The zero-order chi connectivity index (χ0) is 17.7. The van der Waals surface area contributed by atoms with E-state index in [1.807, 2.05) is 24.3 Å². The Hall–Kier alpha value is -2.53. The third-order valence-electron chi connectivity index (χ3n) is 3.18. The molecule has 126 valence electrons. The van der Waals surface area contributed by atoms with Crippen LogP contribution in [0.1, 0.15) is 10.4 Å². The van der Waals surface area contributed by atoms with Gasteiger partial charge in [0.15, 0.2) is 0 Å². The molecule has 2 aromatic rings. The standard InChI is InChI=1S/C19H22O4Si/c1-5-12-22-15-8-6-14(7-9-15)18-13-16(23-24(2,3)4)10-11-17(18)19(20)21/h5-11,13H,1,12H2,2-4H3,(H,20,21). The number of hydrogen-bond donors (Lipinski definition) is 1. The molecule has 0 radical (unpaired) electrons. The maximum atomic E-state index is 11.5. The number of carboxylic acid groups (broad SMARTS) is 1. The number of aromatic carboxylic acids is 1. The minimum Gasteiger partial charge on any atom is -0.544 e. The van der Waals surface area contributed by atoms with Gasteiger partial charge in [0, 0.05) is 0 Å². The van der Waals surface area contributed by atoms with Crippen LogP contribution in [0, 0.1) is 0 Å². The molecule has 0 aliphatic carbocycles. The fraction of sp³-hybridized carbons (Fsp3) is 0.211. The van der Waals surface area contributed by atoms with Gasteiger partial charge in [0.05, 0.1) is 5.56 Å². The molecule has 0 fully saturated rings. The van der Waals surface area contributed by atoms with Crippen LogP contribution in [-0.2, 0) is 0 Å². The Labute approximate surface area is 143 Å². The van der Waals surface area contributed by atoms with Crippen LogP contribution in [0.5, 0.6) is 11.5 Å². The predicted octanol–water partition coefficient (Wildman–Crippen LogP) is 4.83. The van der Waals surface area contributed by atoms with Gasteiger partial charge in [-0.2, -0.15) is 0 Å². The van der Waals surface area contributed by atoms with Crippen LogP contribution in [0.4, 0.5) is 0 Å². The average Bonchev–Trinajstić information content (AvgIpc) is 2.51. The zero-order valence-electron chi connectivity index (χ0n) is 14.2. The maximum absolute atomic E-state index is 11.5. The molecule has 0 spiro atoms. The van der Waals surface area contributed by atoms with Crippen molar-refractivity contribution in [3.05, 3.63) is 60.7 Å². The topological polar surface area (TPSA) is 55.8 Å². The number of hydrogen-bond acceptors (Lipinski definition) is 3. The van der Waals surface area contributed by atoms with E-state index in [0.29, 0.717) is 23.7 Å². The molecule has 0 aliphatic heterocycles. The Morgan fingerprint density at radius 3 is 2.29 bits per heavy atom. The second-order valence-electron chi connectivity index (χ2n) is 6.35. The second kappa shape index (κ2) is 7.36. The van der Waals surface area contributed by atoms with Crippen LogP contribution in [0.25, 0.3) is 11.1 Å². The monoisotopic (exact) mass is 342 g/mol. The molecule has 2 rings (SSSR count). The Balaban J connectivity index is 2.40. The lowest BCUT2D eigenvalue weighted by molar-refractivity contribution is 0.0697. The average molecular weight is 342 g/mol. The van der Waals surface area contributed by atoms with Gasteiger partial charge in [-0.05, 0) is 61.1 Å². The van der Waals surface area contributed by atoms with Crippen LogP contribution < -0.4 is 9.16 Å². The highest BCUT2D eigenvalue weighted by atomic mass is 28.4. The summed E-state index contributed by atoms with van der Waals surface area (Å²) in [7, 11) is -1.77. The largest absolute Gasteiger partial charge is 0.544 e. The number of benzene rings is 2. The highest BCUT2D eigenvalue weighted by Crippen LogP contribution is 2.30. The predicted molar refractivity (Wildman–Crippen MR) is 98.5 cm³/mol. The van der Waals surface area contributed by atoms with E-state index in [9.17, 15) is 9.90 Å².